The molecule has 2 N–H and O–H groups in total. The van der Waals surface area contributed by atoms with Crippen LogP contribution in [0.25, 0.3) is 0 Å². The molecular weight excluding hydrogens is 303 g/mol. The molecule has 0 aliphatic rings. The quantitative estimate of drug-likeness (QED) is 0.786. The van der Waals surface area contributed by atoms with Gasteiger partial charge in [-0.05, 0) is 37.1 Å². The number of nitrogens with zero attached hydrogens (tertiary/aromatic N) is 1. The van der Waals surface area contributed by atoms with Gasteiger partial charge in [-0.15, -0.1) is 0 Å². The van der Waals surface area contributed by atoms with E-state index < -0.39 is 0 Å². The van der Waals surface area contributed by atoms with E-state index in [4.69, 9.17) is 28.9 Å². The fourth-order valence-electron chi connectivity index (χ4n) is 2.20. The first kappa shape index (κ1) is 16.2. The van der Waals surface area contributed by atoms with Gasteiger partial charge >= 0.3 is 0 Å². The Labute approximate surface area is 136 Å². The lowest BCUT2D eigenvalue weighted by Gasteiger charge is -2.27. The fourth-order valence-corrected chi connectivity index (χ4v) is 2.73. The number of nitrogen functional groups attached to an aromatic ring is 1. The van der Waals surface area contributed by atoms with Gasteiger partial charge in [-0.1, -0.05) is 53.5 Å². The van der Waals surface area contributed by atoms with E-state index in [1.165, 1.54) is 5.56 Å². The first-order valence-electron chi connectivity index (χ1n) is 6.98. The van der Waals surface area contributed by atoms with Crippen LogP contribution in [0.1, 0.15) is 25.0 Å². The average Bonchev–Trinajstić information content (AvgIpc) is 2.45. The fraction of sp³-hybridized carbons (Fsp3) is 0.294. The number of rotatable bonds is 5. The Kier molecular flexibility index (Phi) is 5.51. The van der Waals surface area contributed by atoms with Gasteiger partial charge in [-0.3, -0.25) is 4.90 Å². The Morgan fingerprint density at radius 2 is 1.48 bits per heavy atom. The van der Waals surface area contributed by atoms with Crippen molar-refractivity contribution in [1.29, 1.82) is 0 Å². The molecule has 0 radical (unpaired) electrons. The first-order valence-corrected chi connectivity index (χ1v) is 7.74. The van der Waals surface area contributed by atoms with Gasteiger partial charge in [-0.2, -0.15) is 0 Å². The Balaban J connectivity index is 2.17. The van der Waals surface area contributed by atoms with E-state index in [2.05, 4.69) is 43.0 Å². The Morgan fingerprint density at radius 3 is 2.00 bits per heavy atom. The summed E-state index contributed by atoms with van der Waals surface area (Å²) in [5.74, 6) is 0. The zero-order valence-electron chi connectivity index (χ0n) is 12.3. The highest BCUT2D eigenvalue weighted by Crippen LogP contribution is 2.29. The molecule has 0 amide bonds. The van der Waals surface area contributed by atoms with E-state index in [1.54, 1.807) is 0 Å². The van der Waals surface area contributed by atoms with Crippen molar-refractivity contribution in [2.24, 2.45) is 0 Å². The molecule has 0 fully saturated rings. The third-order valence-electron chi connectivity index (χ3n) is 3.48. The van der Waals surface area contributed by atoms with E-state index in [-0.39, 0.29) is 0 Å². The second kappa shape index (κ2) is 7.17. The van der Waals surface area contributed by atoms with Crippen LogP contribution in [0.15, 0.2) is 42.5 Å². The molecule has 0 bridgehead atoms. The second-order valence-electron chi connectivity index (χ2n) is 5.46. The number of anilines is 1. The van der Waals surface area contributed by atoms with E-state index in [9.17, 15) is 0 Å². The number of halogens is 2. The van der Waals surface area contributed by atoms with Gasteiger partial charge < -0.3 is 5.73 Å². The molecule has 0 unspecified atom stereocenters. The van der Waals surface area contributed by atoms with Crippen LogP contribution in [0.3, 0.4) is 0 Å². The van der Waals surface area contributed by atoms with Crippen molar-refractivity contribution < 1.29 is 0 Å². The van der Waals surface area contributed by atoms with Crippen LogP contribution in [0.2, 0.25) is 10.0 Å². The third kappa shape index (κ3) is 4.37. The number of hydrogen-bond acceptors (Lipinski definition) is 2. The van der Waals surface area contributed by atoms with E-state index >= 15 is 0 Å². The largest absolute Gasteiger partial charge is 0.396 e. The molecule has 0 saturated carbocycles. The lowest BCUT2D eigenvalue weighted by atomic mass is 10.1. The van der Waals surface area contributed by atoms with Gasteiger partial charge in [0, 0.05) is 19.1 Å². The van der Waals surface area contributed by atoms with Crippen LogP contribution in [-0.2, 0) is 13.1 Å². The smallest absolute Gasteiger partial charge is 0.0693 e. The van der Waals surface area contributed by atoms with Crippen molar-refractivity contribution >= 4 is 28.9 Å². The minimum atomic E-state index is 0.417. The summed E-state index contributed by atoms with van der Waals surface area (Å²) in [6.07, 6.45) is 0. The van der Waals surface area contributed by atoms with Crippen LogP contribution in [0.4, 0.5) is 5.69 Å². The monoisotopic (exact) mass is 322 g/mol. The SMILES string of the molecule is CC(C)N(Cc1ccccc1)Cc1cc(Cl)c(N)c(Cl)c1. The summed E-state index contributed by atoms with van der Waals surface area (Å²) in [4.78, 5) is 2.37. The van der Waals surface area contributed by atoms with E-state index in [0.717, 1.165) is 18.7 Å². The summed E-state index contributed by atoms with van der Waals surface area (Å²) in [5.41, 5.74) is 8.60. The van der Waals surface area contributed by atoms with Crippen LogP contribution in [0.5, 0.6) is 0 Å². The molecule has 0 heterocycles. The maximum absolute atomic E-state index is 6.11. The Bertz CT molecular complexity index is 574. The van der Waals surface area contributed by atoms with Gasteiger partial charge in [0.25, 0.3) is 0 Å². The van der Waals surface area contributed by atoms with Crippen molar-refractivity contribution in [3.63, 3.8) is 0 Å². The van der Waals surface area contributed by atoms with Gasteiger partial charge in [0.1, 0.15) is 0 Å². The number of hydrogen-bond donors (Lipinski definition) is 1. The van der Waals surface area contributed by atoms with Crippen LogP contribution in [-0.4, -0.2) is 10.9 Å². The van der Waals surface area contributed by atoms with Gasteiger partial charge in [0.15, 0.2) is 0 Å². The summed E-state index contributed by atoms with van der Waals surface area (Å²) < 4.78 is 0. The normalized spacial score (nSPS) is 11.3. The lowest BCUT2D eigenvalue weighted by Crippen LogP contribution is -2.29. The summed E-state index contributed by atoms with van der Waals surface area (Å²) >= 11 is 12.2. The number of benzene rings is 2. The minimum Gasteiger partial charge on any atom is -0.396 e. The molecule has 2 aromatic rings. The van der Waals surface area contributed by atoms with Crippen LogP contribution >= 0.6 is 23.2 Å². The molecule has 0 aliphatic heterocycles. The topological polar surface area (TPSA) is 29.3 Å². The molecule has 2 rings (SSSR count). The van der Waals surface area contributed by atoms with Crippen molar-refractivity contribution in [2.45, 2.75) is 33.0 Å². The molecule has 0 aliphatic carbocycles. The third-order valence-corrected chi connectivity index (χ3v) is 4.11. The highest BCUT2D eigenvalue weighted by molar-refractivity contribution is 6.38. The Morgan fingerprint density at radius 1 is 0.952 bits per heavy atom. The molecule has 0 atom stereocenters. The molecule has 4 heteroatoms. The zero-order valence-corrected chi connectivity index (χ0v) is 13.8. The van der Waals surface area contributed by atoms with E-state index in [1.807, 2.05) is 18.2 Å². The Hall–Kier alpha value is -1.22. The molecule has 21 heavy (non-hydrogen) atoms. The van der Waals surface area contributed by atoms with Crippen LogP contribution in [0, 0.1) is 0 Å². The maximum atomic E-state index is 6.11. The summed E-state index contributed by atoms with van der Waals surface area (Å²) in [6.45, 7) is 6.04. The van der Waals surface area contributed by atoms with Crippen molar-refractivity contribution in [1.82, 2.24) is 4.90 Å². The van der Waals surface area contributed by atoms with Crippen molar-refractivity contribution in [3.8, 4) is 0 Å². The molecule has 0 spiro atoms. The van der Waals surface area contributed by atoms with E-state index in [0.29, 0.717) is 21.8 Å². The molecular formula is C17H20Cl2N2. The predicted octanol–water partition coefficient (Wildman–Crippen LogP) is 4.99. The highest BCUT2D eigenvalue weighted by atomic mass is 35.5. The standard InChI is InChI=1S/C17H20Cl2N2/c1-12(2)21(10-13-6-4-3-5-7-13)11-14-8-15(18)17(20)16(19)9-14/h3-9,12H,10-11,20H2,1-2H3. The second-order valence-corrected chi connectivity index (χ2v) is 6.27. The molecule has 2 nitrogen and oxygen atoms in total. The summed E-state index contributed by atoms with van der Waals surface area (Å²) in [7, 11) is 0. The lowest BCUT2D eigenvalue weighted by molar-refractivity contribution is 0.203. The van der Waals surface area contributed by atoms with Crippen molar-refractivity contribution in [3.05, 3.63) is 63.6 Å². The number of nitrogens with two attached hydrogens (primary N) is 1. The summed E-state index contributed by atoms with van der Waals surface area (Å²) in [6, 6.07) is 14.6. The minimum absolute atomic E-state index is 0.417. The molecule has 0 saturated heterocycles. The van der Waals surface area contributed by atoms with Crippen LogP contribution < -0.4 is 5.73 Å². The van der Waals surface area contributed by atoms with Gasteiger partial charge in [-0.25, -0.2) is 0 Å². The molecule has 112 valence electrons. The maximum Gasteiger partial charge on any atom is 0.0693 e. The first-order chi connectivity index (χ1) is 9.97. The zero-order chi connectivity index (χ0) is 15.4. The highest BCUT2D eigenvalue weighted by Gasteiger charge is 2.13. The van der Waals surface area contributed by atoms with Gasteiger partial charge in [0.2, 0.25) is 0 Å². The molecule has 0 aromatic heterocycles. The predicted molar refractivity (Wildman–Crippen MR) is 91.7 cm³/mol. The summed E-state index contributed by atoms with van der Waals surface area (Å²) in [5, 5.41) is 1.03. The van der Waals surface area contributed by atoms with Crippen molar-refractivity contribution in [2.75, 3.05) is 5.73 Å². The van der Waals surface area contributed by atoms with Gasteiger partial charge in [0.05, 0.1) is 15.7 Å². The average molecular weight is 323 g/mol. The molecule has 2 aromatic carbocycles.